The van der Waals surface area contributed by atoms with E-state index in [0.717, 1.165) is 18.6 Å². The van der Waals surface area contributed by atoms with Crippen molar-refractivity contribution in [2.45, 2.75) is 25.1 Å². The zero-order valence-corrected chi connectivity index (χ0v) is 19.1. The van der Waals surface area contributed by atoms with Crippen molar-refractivity contribution < 1.29 is 27.4 Å². The molecule has 2 N–H and O–H groups in total. The van der Waals surface area contributed by atoms with Crippen LogP contribution < -0.4 is 20.3 Å². The summed E-state index contributed by atoms with van der Waals surface area (Å²) >= 11 is 0. The topological polar surface area (TPSA) is 102 Å². The third kappa shape index (κ3) is 5.33. The molecular formula is C24H23F3N6O3. The van der Waals surface area contributed by atoms with E-state index in [1.54, 1.807) is 24.3 Å². The van der Waals surface area contributed by atoms with Gasteiger partial charge in [-0.2, -0.15) is 18.2 Å². The largest absolute Gasteiger partial charge is 0.458 e. The minimum Gasteiger partial charge on any atom is -0.458 e. The fourth-order valence-electron chi connectivity index (χ4n) is 3.97. The van der Waals surface area contributed by atoms with Crippen LogP contribution in [0.4, 0.5) is 35.3 Å². The average Bonchev–Trinajstić information content (AvgIpc) is 3.27. The Hall–Kier alpha value is -3.93. The summed E-state index contributed by atoms with van der Waals surface area (Å²) in [6.07, 6.45) is -1.76. The standard InChI is InChI=1S/C24H23F3N6O3/c25-24(26,27)16-4-1-3-15(13-16)18-5-6-19-21(30-18)33(11-2-9-28-19)23(34)32-20-7-10-29-22(31-20)36-17-8-12-35-14-17/h1,3-7,10,13,17,28H,2,8-9,11-12,14H2,(H,29,31,32,34)/t17-/m0/s1. The minimum absolute atomic E-state index is 0.131. The lowest BCUT2D eigenvalue weighted by Crippen LogP contribution is -2.36. The van der Waals surface area contributed by atoms with Gasteiger partial charge < -0.3 is 14.8 Å². The van der Waals surface area contributed by atoms with E-state index in [1.165, 1.54) is 17.2 Å². The van der Waals surface area contributed by atoms with E-state index in [1.807, 2.05) is 0 Å². The molecule has 1 aromatic carbocycles. The Balaban J connectivity index is 1.39. The highest BCUT2D eigenvalue weighted by Gasteiger charge is 2.31. The number of pyridine rings is 1. The molecule has 0 unspecified atom stereocenters. The second-order valence-electron chi connectivity index (χ2n) is 8.34. The maximum absolute atomic E-state index is 13.2. The summed E-state index contributed by atoms with van der Waals surface area (Å²) in [7, 11) is 0. The number of rotatable bonds is 4. The van der Waals surface area contributed by atoms with Crippen molar-refractivity contribution in [1.82, 2.24) is 15.0 Å². The van der Waals surface area contributed by atoms with Gasteiger partial charge in [-0.05, 0) is 36.8 Å². The van der Waals surface area contributed by atoms with Crippen molar-refractivity contribution in [3.63, 3.8) is 0 Å². The Bertz CT molecular complexity index is 1250. The van der Waals surface area contributed by atoms with E-state index in [-0.39, 0.29) is 17.9 Å². The monoisotopic (exact) mass is 500 g/mol. The van der Waals surface area contributed by atoms with Gasteiger partial charge in [-0.15, -0.1) is 0 Å². The molecule has 0 saturated carbocycles. The molecular weight excluding hydrogens is 477 g/mol. The minimum atomic E-state index is -4.47. The molecule has 2 amide bonds. The van der Waals surface area contributed by atoms with Crippen molar-refractivity contribution >= 4 is 23.4 Å². The molecule has 9 nitrogen and oxygen atoms in total. The number of ether oxygens (including phenoxy) is 2. The number of nitrogens with zero attached hydrogens (tertiary/aromatic N) is 4. The molecule has 12 heteroatoms. The number of benzene rings is 1. The normalized spacial score (nSPS) is 17.6. The fourth-order valence-corrected chi connectivity index (χ4v) is 3.97. The van der Waals surface area contributed by atoms with Crippen LogP contribution in [0.2, 0.25) is 0 Å². The van der Waals surface area contributed by atoms with E-state index in [2.05, 4.69) is 25.6 Å². The summed E-state index contributed by atoms with van der Waals surface area (Å²) in [4.78, 5) is 27.6. The Labute approximate surface area is 204 Å². The first-order valence-corrected chi connectivity index (χ1v) is 11.5. The molecule has 0 bridgehead atoms. The molecule has 1 fully saturated rings. The van der Waals surface area contributed by atoms with Gasteiger partial charge in [-0.3, -0.25) is 10.2 Å². The number of fused-ring (bicyclic) bond motifs is 1. The number of anilines is 3. The molecule has 36 heavy (non-hydrogen) atoms. The van der Waals surface area contributed by atoms with Gasteiger partial charge in [-0.25, -0.2) is 14.8 Å². The molecule has 2 aromatic heterocycles. The summed E-state index contributed by atoms with van der Waals surface area (Å²) in [6, 6.07) is 9.46. The predicted molar refractivity (Wildman–Crippen MR) is 126 cm³/mol. The number of urea groups is 1. The van der Waals surface area contributed by atoms with E-state index in [0.29, 0.717) is 55.5 Å². The molecule has 0 aliphatic carbocycles. The maximum atomic E-state index is 13.2. The average molecular weight is 500 g/mol. The van der Waals surface area contributed by atoms with Crippen LogP contribution >= 0.6 is 0 Å². The SMILES string of the molecule is O=C(Nc1ccnc(O[C@H]2CCOC2)n1)N1CCCNc2ccc(-c3cccc(C(F)(F)F)c3)nc21. The Morgan fingerprint density at radius 3 is 2.89 bits per heavy atom. The number of carbonyl (C=O) groups excluding carboxylic acids is 1. The summed E-state index contributed by atoms with van der Waals surface area (Å²) in [6.45, 7) is 2.02. The first-order chi connectivity index (χ1) is 17.4. The molecule has 0 radical (unpaired) electrons. The summed E-state index contributed by atoms with van der Waals surface area (Å²) in [5, 5.41) is 5.96. The van der Waals surface area contributed by atoms with Gasteiger partial charge in [0.25, 0.3) is 0 Å². The number of nitrogens with one attached hydrogen (secondary N) is 2. The molecule has 3 aromatic rings. The van der Waals surface area contributed by atoms with Crippen LogP contribution in [0.1, 0.15) is 18.4 Å². The second kappa shape index (κ2) is 9.97. The molecule has 2 aliphatic rings. The fraction of sp³-hybridized carbons (Fsp3) is 0.333. The molecule has 1 atom stereocenters. The lowest BCUT2D eigenvalue weighted by atomic mass is 10.1. The van der Waals surface area contributed by atoms with Crippen LogP contribution in [0.25, 0.3) is 11.3 Å². The number of alkyl halides is 3. The maximum Gasteiger partial charge on any atom is 0.416 e. The van der Waals surface area contributed by atoms with Gasteiger partial charge in [0.1, 0.15) is 11.9 Å². The first-order valence-electron chi connectivity index (χ1n) is 11.5. The Kier molecular flexibility index (Phi) is 6.59. The smallest absolute Gasteiger partial charge is 0.416 e. The molecule has 4 heterocycles. The number of amides is 2. The summed E-state index contributed by atoms with van der Waals surface area (Å²) < 4.78 is 50.6. The predicted octanol–water partition coefficient (Wildman–Crippen LogP) is 4.58. The number of carbonyl (C=O) groups is 1. The van der Waals surface area contributed by atoms with Gasteiger partial charge in [0.15, 0.2) is 5.82 Å². The zero-order chi connectivity index (χ0) is 25.1. The molecule has 2 aliphatic heterocycles. The Morgan fingerprint density at radius 2 is 2.08 bits per heavy atom. The highest BCUT2D eigenvalue weighted by atomic mass is 19.4. The zero-order valence-electron chi connectivity index (χ0n) is 19.1. The van der Waals surface area contributed by atoms with Crippen molar-refractivity contribution in [2.75, 3.05) is 41.8 Å². The number of hydrogen-bond acceptors (Lipinski definition) is 7. The summed E-state index contributed by atoms with van der Waals surface area (Å²) in [5.41, 5.74) is 0.449. The van der Waals surface area contributed by atoms with E-state index >= 15 is 0 Å². The van der Waals surface area contributed by atoms with Crippen LogP contribution in [-0.4, -0.2) is 53.4 Å². The van der Waals surface area contributed by atoms with Crippen LogP contribution in [0.5, 0.6) is 6.01 Å². The second-order valence-corrected chi connectivity index (χ2v) is 8.34. The number of aromatic nitrogens is 3. The van der Waals surface area contributed by atoms with Crippen molar-refractivity contribution in [1.29, 1.82) is 0 Å². The third-order valence-corrected chi connectivity index (χ3v) is 5.76. The quantitative estimate of drug-likeness (QED) is 0.541. The molecule has 188 valence electrons. The first kappa shape index (κ1) is 23.8. The molecule has 0 spiro atoms. The number of halogens is 3. The lowest BCUT2D eigenvalue weighted by Gasteiger charge is -2.22. The van der Waals surface area contributed by atoms with Crippen LogP contribution in [0.3, 0.4) is 0 Å². The molecule has 1 saturated heterocycles. The van der Waals surface area contributed by atoms with E-state index < -0.39 is 17.8 Å². The lowest BCUT2D eigenvalue weighted by molar-refractivity contribution is -0.137. The van der Waals surface area contributed by atoms with Crippen molar-refractivity contribution in [3.8, 4) is 17.3 Å². The van der Waals surface area contributed by atoms with Crippen LogP contribution in [-0.2, 0) is 10.9 Å². The molecule has 5 rings (SSSR count). The highest BCUT2D eigenvalue weighted by Crippen LogP contribution is 2.34. The van der Waals surface area contributed by atoms with Crippen LogP contribution in [0, 0.1) is 0 Å². The van der Waals surface area contributed by atoms with Crippen LogP contribution in [0.15, 0.2) is 48.7 Å². The van der Waals surface area contributed by atoms with Crippen molar-refractivity contribution in [2.24, 2.45) is 0 Å². The Morgan fingerprint density at radius 1 is 1.19 bits per heavy atom. The van der Waals surface area contributed by atoms with Gasteiger partial charge in [-0.1, -0.05) is 12.1 Å². The van der Waals surface area contributed by atoms with Gasteiger partial charge in [0, 0.05) is 31.3 Å². The highest BCUT2D eigenvalue weighted by molar-refractivity contribution is 6.02. The number of hydrogen-bond donors (Lipinski definition) is 2. The summed E-state index contributed by atoms with van der Waals surface area (Å²) in [5.74, 6) is 0.560. The van der Waals surface area contributed by atoms with E-state index in [4.69, 9.17) is 9.47 Å². The van der Waals surface area contributed by atoms with Gasteiger partial charge in [0.2, 0.25) is 0 Å². The third-order valence-electron chi connectivity index (χ3n) is 5.76. The van der Waals surface area contributed by atoms with Gasteiger partial charge in [0.05, 0.1) is 30.2 Å². The van der Waals surface area contributed by atoms with E-state index in [9.17, 15) is 18.0 Å². The van der Waals surface area contributed by atoms with Gasteiger partial charge >= 0.3 is 18.2 Å². The van der Waals surface area contributed by atoms with Crippen molar-refractivity contribution in [3.05, 3.63) is 54.2 Å².